The molecule has 1 aliphatic rings. The van der Waals surface area contributed by atoms with E-state index in [1.54, 1.807) is 46.8 Å². The second kappa shape index (κ2) is 12.0. The average molecular weight is 510 g/mol. The van der Waals surface area contributed by atoms with Gasteiger partial charge in [-0.25, -0.2) is 4.79 Å². The van der Waals surface area contributed by atoms with Crippen LogP contribution in [0.3, 0.4) is 0 Å². The highest BCUT2D eigenvalue weighted by atomic mass is 16.7. The van der Waals surface area contributed by atoms with E-state index in [0.29, 0.717) is 5.69 Å². The van der Waals surface area contributed by atoms with Crippen LogP contribution in [0.25, 0.3) is 0 Å². The number of amides is 1. The Balaban J connectivity index is 1.63. The fourth-order valence-electron chi connectivity index (χ4n) is 4.14. The first-order valence-electron chi connectivity index (χ1n) is 12.4. The normalized spacial score (nSPS) is 16.4. The molecule has 1 amide bonds. The lowest BCUT2D eigenvalue weighted by Crippen LogP contribution is -2.46. The minimum Gasteiger partial charge on any atom is -0.461 e. The smallest absolute Gasteiger partial charge is 0.332 e. The van der Waals surface area contributed by atoms with E-state index in [1.807, 2.05) is 42.5 Å². The van der Waals surface area contributed by atoms with Crippen molar-refractivity contribution in [3.8, 4) is 0 Å². The Hall–Kier alpha value is -3.68. The van der Waals surface area contributed by atoms with E-state index in [9.17, 15) is 19.2 Å². The van der Waals surface area contributed by atoms with Gasteiger partial charge in [-0.1, -0.05) is 62.4 Å². The Bertz CT molecular complexity index is 1120. The first-order chi connectivity index (χ1) is 17.5. The van der Waals surface area contributed by atoms with Crippen molar-refractivity contribution in [2.45, 2.75) is 60.1 Å². The number of esters is 3. The van der Waals surface area contributed by atoms with Gasteiger partial charge in [-0.05, 0) is 44.4 Å². The maximum absolute atomic E-state index is 13.6. The molecule has 0 N–H and O–H groups in total. The fourth-order valence-corrected chi connectivity index (χ4v) is 4.14. The van der Waals surface area contributed by atoms with Gasteiger partial charge in [0.1, 0.15) is 12.6 Å². The molecule has 0 aromatic heterocycles. The van der Waals surface area contributed by atoms with Gasteiger partial charge in [-0.2, -0.15) is 0 Å². The van der Waals surface area contributed by atoms with E-state index < -0.39 is 42.0 Å². The van der Waals surface area contributed by atoms with E-state index in [1.165, 1.54) is 4.90 Å². The number of benzene rings is 2. The first-order valence-corrected chi connectivity index (χ1v) is 12.4. The summed E-state index contributed by atoms with van der Waals surface area (Å²) in [7, 11) is 0. The molecule has 0 aliphatic carbocycles. The van der Waals surface area contributed by atoms with Crippen LogP contribution in [0.1, 0.15) is 52.2 Å². The summed E-state index contributed by atoms with van der Waals surface area (Å²) in [6.07, 6.45) is 0.547. The highest BCUT2D eigenvalue weighted by Crippen LogP contribution is 2.34. The van der Waals surface area contributed by atoms with Gasteiger partial charge in [-0.3, -0.25) is 19.3 Å². The molecule has 37 heavy (non-hydrogen) atoms. The van der Waals surface area contributed by atoms with Crippen LogP contribution in [0.5, 0.6) is 0 Å². The zero-order chi connectivity index (χ0) is 27.2. The number of rotatable bonds is 9. The molecule has 0 saturated carbocycles. The third kappa shape index (κ3) is 7.18. The first kappa shape index (κ1) is 27.9. The van der Waals surface area contributed by atoms with Crippen LogP contribution in [0, 0.1) is 17.3 Å². The lowest BCUT2D eigenvalue weighted by Gasteiger charge is -2.28. The minimum absolute atomic E-state index is 0.166. The van der Waals surface area contributed by atoms with E-state index in [0.717, 1.165) is 11.1 Å². The second-order valence-electron chi connectivity index (χ2n) is 10.5. The summed E-state index contributed by atoms with van der Waals surface area (Å²) >= 11 is 0. The van der Waals surface area contributed by atoms with E-state index >= 15 is 0 Å². The molecule has 0 saturated heterocycles. The monoisotopic (exact) mass is 509 g/mol. The number of carbonyl (C=O) groups is 4. The van der Waals surface area contributed by atoms with Crippen LogP contribution < -0.4 is 4.90 Å². The van der Waals surface area contributed by atoms with Crippen molar-refractivity contribution in [2.75, 3.05) is 11.7 Å². The molecule has 3 rings (SSSR count). The number of carbonyl (C=O) groups excluding carboxylic acids is 4. The van der Waals surface area contributed by atoms with Crippen molar-refractivity contribution in [3.63, 3.8) is 0 Å². The molecule has 0 spiro atoms. The zero-order valence-corrected chi connectivity index (χ0v) is 22.1. The predicted octanol–water partition coefficient (Wildman–Crippen LogP) is 4.44. The van der Waals surface area contributed by atoms with Crippen LogP contribution in [0.15, 0.2) is 54.6 Å². The number of nitrogens with zero attached hydrogens (tertiary/aromatic N) is 1. The van der Waals surface area contributed by atoms with Gasteiger partial charge in [0, 0.05) is 18.0 Å². The molecule has 198 valence electrons. The predicted molar refractivity (Wildman–Crippen MR) is 137 cm³/mol. The number of ether oxygens (including phenoxy) is 3. The van der Waals surface area contributed by atoms with Crippen molar-refractivity contribution in [1.82, 2.24) is 0 Å². The molecule has 0 unspecified atom stereocenters. The summed E-state index contributed by atoms with van der Waals surface area (Å²) < 4.78 is 15.7. The molecule has 1 heterocycles. The third-order valence-electron chi connectivity index (χ3n) is 6.24. The number of hydrogen-bond acceptors (Lipinski definition) is 7. The summed E-state index contributed by atoms with van der Waals surface area (Å²) in [6, 6.07) is 15.8. The topological polar surface area (TPSA) is 99.2 Å². The van der Waals surface area contributed by atoms with E-state index in [4.69, 9.17) is 14.2 Å². The zero-order valence-electron chi connectivity index (χ0n) is 22.1. The maximum atomic E-state index is 13.6. The summed E-state index contributed by atoms with van der Waals surface area (Å²) in [6.45, 7) is 8.20. The van der Waals surface area contributed by atoms with E-state index in [-0.39, 0.29) is 31.3 Å². The molecule has 0 radical (unpaired) electrons. The van der Waals surface area contributed by atoms with Crippen molar-refractivity contribution < 1.29 is 33.4 Å². The van der Waals surface area contributed by atoms with Gasteiger partial charge in [-0.15, -0.1) is 0 Å². The molecular formula is C29H35NO7. The minimum atomic E-state index is -0.888. The summed E-state index contributed by atoms with van der Waals surface area (Å²) in [5.41, 5.74) is 1.63. The van der Waals surface area contributed by atoms with Gasteiger partial charge in [0.15, 0.2) is 0 Å². The standard InChI is InChI=1S/C29H35NO7/c1-19(15-20(2)26(32)35-17-21-11-7-6-8-12-21)25(31)30-23-14-10-9-13-22(23)16-24(30)27(33)36-18-37-28(34)29(3,4)5/h6-14,19-20,24H,15-18H2,1-5H3/t19-,20-,24+/m1/s1. The largest absolute Gasteiger partial charge is 0.461 e. The lowest BCUT2D eigenvalue weighted by molar-refractivity contribution is -0.174. The van der Waals surface area contributed by atoms with Crippen molar-refractivity contribution in [2.24, 2.45) is 17.3 Å². The summed E-state index contributed by atoms with van der Waals surface area (Å²) in [4.78, 5) is 52.5. The van der Waals surface area contributed by atoms with Crippen LogP contribution >= 0.6 is 0 Å². The van der Waals surface area contributed by atoms with Crippen molar-refractivity contribution in [1.29, 1.82) is 0 Å². The second-order valence-corrected chi connectivity index (χ2v) is 10.5. The number of anilines is 1. The Morgan fingerprint density at radius 2 is 1.54 bits per heavy atom. The molecule has 2 aromatic rings. The molecular weight excluding hydrogens is 474 g/mol. The highest BCUT2D eigenvalue weighted by Gasteiger charge is 2.41. The van der Waals surface area contributed by atoms with Gasteiger partial charge < -0.3 is 14.2 Å². The number of hydrogen-bond donors (Lipinski definition) is 0. The molecule has 0 bridgehead atoms. The van der Waals surface area contributed by atoms with Gasteiger partial charge >= 0.3 is 17.9 Å². The Kier molecular flexibility index (Phi) is 9.08. The highest BCUT2D eigenvalue weighted by molar-refractivity contribution is 6.03. The quantitative estimate of drug-likeness (QED) is 0.364. The lowest BCUT2D eigenvalue weighted by atomic mass is 9.95. The number of fused-ring (bicyclic) bond motifs is 1. The van der Waals surface area contributed by atoms with Crippen LogP contribution in [-0.2, 0) is 46.4 Å². The maximum Gasteiger partial charge on any atom is 0.332 e. The molecule has 0 fully saturated rings. The van der Waals surface area contributed by atoms with E-state index in [2.05, 4.69) is 0 Å². The van der Waals surface area contributed by atoms with Crippen LogP contribution in [0.4, 0.5) is 5.69 Å². The van der Waals surface area contributed by atoms with Gasteiger partial charge in [0.05, 0.1) is 11.3 Å². The average Bonchev–Trinajstić information content (AvgIpc) is 3.26. The van der Waals surface area contributed by atoms with Crippen LogP contribution in [-0.4, -0.2) is 36.6 Å². The van der Waals surface area contributed by atoms with Gasteiger partial charge in [0.25, 0.3) is 0 Å². The molecule has 1 aliphatic heterocycles. The molecule has 8 heteroatoms. The molecule has 2 aromatic carbocycles. The SMILES string of the molecule is C[C@H](C[C@@H](C)C(=O)N1c2ccccc2C[C@H]1C(=O)OCOC(=O)C(C)(C)C)C(=O)OCc1ccccc1. The summed E-state index contributed by atoms with van der Waals surface area (Å²) in [5.74, 6) is -2.90. The van der Waals surface area contributed by atoms with Crippen LogP contribution in [0.2, 0.25) is 0 Å². The number of para-hydroxylation sites is 1. The third-order valence-corrected chi connectivity index (χ3v) is 6.24. The Morgan fingerprint density at radius 3 is 2.22 bits per heavy atom. The van der Waals surface area contributed by atoms with Gasteiger partial charge in [0.2, 0.25) is 12.7 Å². The molecule has 3 atom stereocenters. The van der Waals surface area contributed by atoms with Crippen molar-refractivity contribution in [3.05, 3.63) is 65.7 Å². The summed E-state index contributed by atoms with van der Waals surface area (Å²) in [5, 5.41) is 0. The van der Waals surface area contributed by atoms with Crippen molar-refractivity contribution >= 4 is 29.5 Å². The molecule has 8 nitrogen and oxygen atoms in total. The Morgan fingerprint density at radius 1 is 0.892 bits per heavy atom. The fraction of sp³-hybridized carbons (Fsp3) is 0.448. The Labute approximate surface area is 217 Å².